The molecule has 0 aliphatic rings. The molecule has 1 atom stereocenters. The van der Waals surface area contributed by atoms with E-state index >= 15 is 0 Å². The average molecular weight is 402 g/mol. The molecule has 2 aromatic rings. The third-order valence-electron chi connectivity index (χ3n) is 4.83. The number of hydrogen-bond donors (Lipinski definition) is 2. The number of carbonyl (C=O) groups is 1. The normalized spacial score (nSPS) is 11.6. The summed E-state index contributed by atoms with van der Waals surface area (Å²) in [6.45, 7) is 4.59. The molecule has 2 aromatic carbocycles. The summed E-state index contributed by atoms with van der Waals surface area (Å²) in [5, 5.41) is 14.0. The van der Waals surface area contributed by atoms with Crippen LogP contribution in [0.15, 0.2) is 30.3 Å². The van der Waals surface area contributed by atoms with Gasteiger partial charge in [-0.05, 0) is 48.7 Å². The highest BCUT2D eigenvalue weighted by molar-refractivity contribution is 5.94. The highest BCUT2D eigenvalue weighted by Gasteiger charge is 2.19. The van der Waals surface area contributed by atoms with Gasteiger partial charge in [-0.1, -0.05) is 6.07 Å². The van der Waals surface area contributed by atoms with Crippen LogP contribution in [-0.2, 0) is 11.2 Å². The Bertz CT molecular complexity index is 898. The number of nitro groups is 1. The van der Waals surface area contributed by atoms with Gasteiger partial charge in [-0.3, -0.25) is 14.9 Å². The SMILES string of the molecule is COc1ccc(CC[NH+](C)CC(=O)Nc2cc(C)c(C)cc2[N+](=O)[O-])cc1OC. The van der Waals surface area contributed by atoms with Crippen LogP contribution in [0.4, 0.5) is 11.4 Å². The summed E-state index contributed by atoms with van der Waals surface area (Å²) < 4.78 is 10.5. The van der Waals surface area contributed by atoms with E-state index in [1.807, 2.05) is 32.2 Å². The molecule has 0 spiro atoms. The van der Waals surface area contributed by atoms with E-state index in [9.17, 15) is 14.9 Å². The minimum Gasteiger partial charge on any atom is -0.493 e. The molecular formula is C21H28N3O5+. The number of amides is 1. The number of nitrogens with zero attached hydrogens (tertiary/aromatic N) is 1. The van der Waals surface area contributed by atoms with Crippen LogP contribution < -0.4 is 19.7 Å². The van der Waals surface area contributed by atoms with Gasteiger partial charge in [0.05, 0.1) is 32.7 Å². The highest BCUT2D eigenvalue weighted by atomic mass is 16.6. The van der Waals surface area contributed by atoms with Crippen LogP contribution in [0.2, 0.25) is 0 Å². The monoisotopic (exact) mass is 402 g/mol. The van der Waals surface area contributed by atoms with Crippen molar-refractivity contribution in [2.24, 2.45) is 0 Å². The molecule has 2 N–H and O–H groups in total. The molecule has 8 nitrogen and oxygen atoms in total. The first-order valence-corrected chi connectivity index (χ1v) is 9.32. The largest absolute Gasteiger partial charge is 0.493 e. The number of anilines is 1. The van der Waals surface area contributed by atoms with E-state index in [-0.39, 0.29) is 23.8 Å². The third-order valence-corrected chi connectivity index (χ3v) is 4.83. The van der Waals surface area contributed by atoms with Crippen molar-refractivity contribution in [2.75, 3.05) is 39.7 Å². The number of nitro benzene ring substituents is 1. The van der Waals surface area contributed by atoms with Gasteiger partial charge in [0, 0.05) is 12.5 Å². The molecule has 0 radical (unpaired) electrons. The summed E-state index contributed by atoms with van der Waals surface area (Å²) in [7, 11) is 5.10. The Hall–Kier alpha value is -3.13. The Morgan fingerprint density at radius 1 is 1.10 bits per heavy atom. The lowest BCUT2D eigenvalue weighted by Crippen LogP contribution is -3.10. The van der Waals surface area contributed by atoms with Crippen LogP contribution in [0.3, 0.4) is 0 Å². The number of benzene rings is 2. The number of methoxy groups -OCH3 is 2. The Kier molecular flexibility index (Phi) is 7.55. The van der Waals surface area contributed by atoms with Gasteiger partial charge in [-0.2, -0.15) is 0 Å². The Morgan fingerprint density at radius 2 is 1.76 bits per heavy atom. The van der Waals surface area contributed by atoms with Crippen LogP contribution in [0.25, 0.3) is 0 Å². The van der Waals surface area contributed by atoms with E-state index in [0.717, 1.165) is 34.6 Å². The van der Waals surface area contributed by atoms with Gasteiger partial charge in [0.2, 0.25) is 0 Å². The van der Waals surface area contributed by atoms with E-state index in [2.05, 4.69) is 5.32 Å². The number of ether oxygens (including phenoxy) is 2. The molecule has 0 heterocycles. The number of aryl methyl sites for hydroxylation is 2. The maximum absolute atomic E-state index is 12.4. The third kappa shape index (κ3) is 5.92. The summed E-state index contributed by atoms with van der Waals surface area (Å²) in [5.41, 5.74) is 2.92. The molecule has 0 bridgehead atoms. The zero-order valence-electron chi connectivity index (χ0n) is 17.5. The number of rotatable bonds is 9. The lowest BCUT2D eigenvalue weighted by molar-refractivity contribution is -0.870. The second kappa shape index (κ2) is 9.88. The summed E-state index contributed by atoms with van der Waals surface area (Å²) in [4.78, 5) is 24.2. The first kappa shape index (κ1) is 22.2. The second-order valence-electron chi connectivity index (χ2n) is 7.08. The summed E-state index contributed by atoms with van der Waals surface area (Å²) in [6.07, 6.45) is 0.753. The van der Waals surface area contributed by atoms with Crippen LogP contribution >= 0.6 is 0 Å². The fourth-order valence-corrected chi connectivity index (χ4v) is 3.00. The quantitative estimate of drug-likeness (QED) is 0.494. The molecule has 0 saturated carbocycles. The molecule has 8 heteroatoms. The molecule has 0 saturated heterocycles. The van der Waals surface area contributed by atoms with Gasteiger partial charge in [-0.25, -0.2) is 0 Å². The Morgan fingerprint density at radius 3 is 2.38 bits per heavy atom. The van der Waals surface area contributed by atoms with E-state index in [1.165, 1.54) is 6.07 Å². The minimum absolute atomic E-state index is 0.0931. The number of quaternary nitrogens is 1. The smallest absolute Gasteiger partial charge is 0.293 e. The van der Waals surface area contributed by atoms with E-state index in [1.54, 1.807) is 27.2 Å². The van der Waals surface area contributed by atoms with Crippen molar-refractivity contribution in [1.29, 1.82) is 0 Å². The fraction of sp³-hybridized carbons (Fsp3) is 0.381. The van der Waals surface area contributed by atoms with Crippen molar-refractivity contribution >= 4 is 17.3 Å². The van der Waals surface area contributed by atoms with Crippen LogP contribution in [0.5, 0.6) is 11.5 Å². The van der Waals surface area contributed by atoms with Gasteiger partial charge in [-0.15, -0.1) is 0 Å². The molecule has 1 amide bonds. The summed E-state index contributed by atoms with van der Waals surface area (Å²) in [5.74, 6) is 1.08. The highest BCUT2D eigenvalue weighted by Crippen LogP contribution is 2.28. The molecule has 1 unspecified atom stereocenters. The maximum atomic E-state index is 12.4. The van der Waals surface area contributed by atoms with Crippen LogP contribution in [0, 0.1) is 24.0 Å². The predicted octanol–water partition coefficient (Wildman–Crippen LogP) is 1.92. The van der Waals surface area contributed by atoms with Crippen molar-refractivity contribution in [3.63, 3.8) is 0 Å². The van der Waals surface area contributed by atoms with Crippen molar-refractivity contribution in [1.82, 2.24) is 0 Å². The number of nitrogens with one attached hydrogen (secondary N) is 2. The van der Waals surface area contributed by atoms with Crippen molar-refractivity contribution < 1.29 is 24.1 Å². The molecule has 156 valence electrons. The zero-order chi connectivity index (χ0) is 21.6. The van der Waals surface area contributed by atoms with Gasteiger partial charge < -0.3 is 19.7 Å². The predicted molar refractivity (Wildman–Crippen MR) is 111 cm³/mol. The van der Waals surface area contributed by atoms with Crippen molar-refractivity contribution in [3.8, 4) is 11.5 Å². The molecule has 0 aromatic heterocycles. The van der Waals surface area contributed by atoms with Gasteiger partial charge in [0.25, 0.3) is 11.6 Å². The lowest BCUT2D eigenvalue weighted by Gasteiger charge is -2.15. The summed E-state index contributed by atoms with van der Waals surface area (Å²) >= 11 is 0. The molecule has 2 rings (SSSR count). The zero-order valence-corrected chi connectivity index (χ0v) is 17.5. The summed E-state index contributed by atoms with van der Waals surface area (Å²) in [6, 6.07) is 8.87. The molecular weight excluding hydrogens is 374 g/mol. The maximum Gasteiger partial charge on any atom is 0.293 e. The molecule has 0 aliphatic heterocycles. The molecule has 0 fully saturated rings. The average Bonchev–Trinajstić information content (AvgIpc) is 2.68. The van der Waals surface area contributed by atoms with Crippen LogP contribution in [0.1, 0.15) is 16.7 Å². The number of carbonyl (C=O) groups excluding carboxylic acids is 1. The van der Waals surface area contributed by atoms with Gasteiger partial charge in [0.1, 0.15) is 5.69 Å². The standard InChI is InChI=1S/C21H27N3O5/c1-14-10-17(18(24(26)27)11-15(14)2)22-21(25)13-23(3)9-8-16-6-7-19(28-4)20(12-16)29-5/h6-7,10-12H,8-9,13H2,1-5H3,(H,22,25)/p+1. The molecule has 29 heavy (non-hydrogen) atoms. The topological polar surface area (TPSA) is 95.1 Å². The van der Waals surface area contributed by atoms with Gasteiger partial charge in [0.15, 0.2) is 18.0 Å². The van der Waals surface area contributed by atoms with Crippen molar-refractivity contribution in [2.45, 2.75) is 20.3 Å². The van der Waals surface area contributed by atoms with Crippen molar-refractivity contribution in [3.05, 3.63) is 57.1 Å². The van der Waals surface area contributed by atoms with Crippen LogP contribution in [-0.4, -0.2) is 45.2 Å². The van der Waals surface area contributed by atoms with E-state index in [4.69, 9.17) is 9.47 Å². The number of likely N-dealkylation sites (N-methyl/N-ethyl adjacent to an activating group) is 1. The second-order valence-corrected chi connectivity index (χ2v) is 7.08. The van der Waals surface area contributed by atoms with E-state index in [0.29, 0.717) is 11.5 Å². The lowest BCUT2D eigenvalue weighted by atomic mass is 10.1. The Balaban J connectivity index is 1.96. The number of hydrogen-bond acceptors (Lipinski definition) is 5. The first-order chi connectivity index (χ1) is 13.7. The van der Waals surface area contributed by atoms with Gasteiger partial charge >= 0.3 is 0 Å². The van der Waals surface area contributed by atoms with E-state index < -0.39 is 4.92 Å². The fourth-order valence-electron chi connectivity index (χ4n) is 3.00. The Labute approximate surface area is 170 Å². The first-order valence-electron chi connectivity index (χ1n) is 9.32. The minimum atomic E-state index is -0.476. The molecule has 0 aliphatic carbocycles.